The van der Waals surface area contributed by atoms with Crippen LogP contribution in [0.4, 0.5) is 11.4 Å². The van der Waals surface area contributed by atoms with Gasteiger partial charge in [0.15, 0.2) is 0 Å². The molecule has 0 spiro atoms. The van der Waals surface area contributed by atoms with Crippen LogP contribution >= 0.6 is 0 Å². The van der Waals surface area contributed by atoms with Gasteiger partial charge < -0.3 is 14.8 Å². The maximum Gasteiger partial charge on any atom is 0.296 e. The van der Waals surface area contributed by atoms with Crippen LogP contribution in [0.15, 0.2) is 18.2 Å². The van der Waals surface area contributed by atoms with Crippen LogP contribution in [0.3, 0.4) is 0 Å². The van der Waals surface area contributed by atoms with Gasteiger partial charge in [-0.2, -0.15) is 0 Å². The molecule has 2 aliphatic rings. The van der Waals surface area contributed by atoms with E-state index in [1.807, 2.05) is 0 Å². The van der Waals surface area contributed by atoms with Crippen molar-refractivity contribution in [3.05, 3.63) is 28.3 Å². The highest BCUT2D eigenvalue weighted by atomic mass is 16.6. The van der Waals surface area contributed by atoms with Crippen LogP contribution in [0.2, 0.25) is 0 Å². The molecule has 1 aromatic rings. The fourth-order valence-electron chi connectivity index (χ4n) is 2.90. The first-order valence-electron chi connectivity index (χ1n) is 6.42. The zero-order chi connectivity index (χ0) is 13.4. The third kappa shape index (κ3) is 2.23. The molecule has 102 valence electrons. The molecule has 0 radical (unpaired) electrons. The van der Waals surface area contributed by atoms with Gasteiger partial charge in [0.1, 0.15) is 11.4 Å². The Kier molecular flexibility index (Phi) is 3.02. The topological polar surface area (TPSA) is 73.6 Å². The lowest BCUT2D eigenvalue weighted by Gasteiger charge is -2.21. The van der Waals surface area contributed by atoms with Gasteiger partial charge in [-0.15, -0.1) is 0 Å². The van der Waals surface area contributed by atoms with Gasteiger partial charge in [-0.05, 0) is 31.4 Å². The fraction of sp³-hybridized carbons (Fsp3) is 0.538. The number of hydrogen-bond acceptors (Lipinski definition) is 5. The SMILES string of the molecule is COc1ccc(NC2CC3CCC2O3)c([N+](=O)[O-])c1. The van der Waals surface area contributed by atoms with Crippen molar-refractivity contribution in [3.63, 3.8) is 0 Å². The van der Waals surface area contributed by atoms with Crippen molar-refractivity contribution in [2.75, 3.05) is 12.4 Å². The van der Waals surface area contributed by atoms with Gasteiger partial charge in [-0.1, -0.05) is 0 Å². The molecule has 19 heavy (non-hydrogen) atoms. The van der Waals surface area contributed by atoms with Gasteiger partial charge in [0, 0.05) is 0 Å². The third-order valence-corrected chi connectivity index (χ3v) is 3.85. The van der Waals surface area contributed by atoms with E-state index in [1.54, 1.807) is 12.1 Å². The zero-order valence-corrected chi connectivity index (χ0v) is 10.7. The molecular formula is C13H16N2O4. The number of ether oxygens (including phenoxy) is 2. The van der Waals surface area contributed by atoms with Crippen molar-refractivity contribution >= 4 is 11.4 Å². The van der Waals surface area contributed by atoms with Gasteiger partial charge in [-0.3, -0.25) is 10.1 Å². The third-order valence-electron chi connectivity index (χ3n) is 3.85. The molecule has 2 saturated heterocycles. The molecule has 0 amide bonds. The molecule has 3 rings (SSSR count). The van der Waals surface area contributed by atoms with E-state index in [0.717, 1.165) is 19.3 Å². The second kappa shape index (κ2) is 4.70. The molecule has 1 N–H and O–H groups in total. The summed E-state index contributed by atoms with van der Waals surface area (Å²) in [6, 6.07) is 5.04. The van der Waals surface area contributed by atoms with E-state index in [0.29, 0.717) is 17.5 Å². The van der Waals surface area contributed by atoms with Gasteiger partial charge >= 0.3 is 0 Å². The van der Waals surface area contributed by atoms with Crippen LogP contribution in [-0.2, 0) is 4.74 Å². The maximum absolute atomic E-state index is 11.1. The van der Waals surface area contributed by atoms with Gasteiger partial charge in [0.05, 0.1) is 36.3 Å². The average molecular weight is 264 g/mol. The zero-order valence-electron chi connectivity index (χ0n) is 10.7. The molecule has 6 heteroatoms. The Labute approximate surface area is 110 Å². The lowest BCUT2D eigenvalue weighted by Crippen LogP contribution is -2.30. The molecule has 1 aromatic carbocycles. The van der Waals surface area contributed by atoms with Crippen molar-refractivity contribution in [3.8, 4) is 5.75 Å². The number of nitro groups is 1. The standard InChI is InChI=1S/C13H16N2O4/c1-18-8-2-4-10(12(7-8)15(16)17)14-11-6-9-3-5-13(11)19-9/h2,4,7,9,11,13-14H,3,5-6H2,1H3. The summed E-state index contributed by atoms with van der Waals surface area (Å²) in [6.45, 7) is 0. The normalized spacial score (nSPS) is 28.4. The van der Waals surface area contributed by atoms with Crippen molar-refractivity contribution in [2.24, 2.45) is 0 Å². The van der Waals surface area contributed by atoms with Crippen LogP contribution in [0.25, 0.3) is 0 Å². The summed E-state index contributed by atoms with van der Waals surface area (Å²) >= 11 is 0. The molecular weight excluding hydrogens is 248 g/mol. The molecule has 3 unspecified atom stereocenters. The largest absolute Gasteiger partial charge is 0.496 e. The van der Waals surface area contributed by atoms with Gasteiger partial charge in [0.25, 0.3) is 5.69 Å². The molecule has 3 atom stereocenters. The second-order valence-electron chi connectivity index (χ2n) is 5.00. The summed E-state index contributed by atoms with van der Waals surface area (Å²) < 4.78 is 10.8. The molecule has 2 bridgehead atoms. The number of anilines is 1. The van der Waals surface area contributed by atoms with Crippen molar-refractivity contribution in [1.29, 1.82) is 0 Å². The number of fused-ring (bicyclic) bond motifs is 2. The number of nitrogens with one attached hydrogen (secondary N) is 1. The highest BCUT2D eigenvalue weighted by molar-refractivity contribution is 5.64. The summed E-state index contributed by atoms with van der Waals surface area (Å²) in [7, 11) is 1.50. The average Bonchev–Trinajstić information content (AvgIpc) is 3.01. The summed E-state index contributed by atoms with van der Waals surface area (Å²) in [6.07, 6.45) is 3.57. The van der Waals surface area contributed by atoms with Gasteiger partial charge in [0.2, 0.25) is 0 Å². The van der Waals surface area contributed by atoms with Crippen LogP contribution in [0.1, 0.15) is 19.3 Å². The van der Waals surface area contributed by atoms with Crippen molar-refractivity contribution in [1.82, 2.24) is 0 Å². The van der Waals surface area contributed by atoms with E-state index in [4.69, 9.17) is 9.47 Å². The summed E-state index contributed by atoms with van der Waals surface area (Å²) in [5.41, 5.74) is 0.578. The maximum atomic E-state index is 11.1. The Bertz CT molecular complexity index is 505. The minimum atomic E-state index is -0.390. The minimum absolute atomic E-state index is 0.0436. The summed E-state index contributed by atoms with van der Waals surface area (Å²) in [5.74, 6) is 0.487. The summed E-state index contributed by atoms with van der Waals surface area (Å²) in [5, 5.41) is 14.4. The first-order valence-corrected chi connectivity index (χ1v) is 6.42. The Morgan fingerprint density at radius 1 is 1.47 bits per heavy atom. The van der Waals surface area contributed by atoms with Crippen LogP contribution in [0, 0.1) is 10.1 Å². The molecule has 0 aliphatic carbocycles. The summed E-state index contributed by atoms with van der Waals surface area (Å²) in [4.78, 5) is 10.7. The first kappa shape index (κ1) is 12.2. The number of rotatable bonds is 4. The molecule has 2 aliphatic heterocycles. The smallest absolute Gasteiger partial charge is 0.296 e. The predicted octanol–water partition coefficient (Wildman–Crippen LogP) is 2.34. The van der Waals surface area contributed by atoms with E-state index in [-0.39, 0.29) is 22.8 Å². The van der Waals surface area contributed by atoms with Crippen molar-refractivity contribution in [2.45, 2.75) is 37.5 Å². The van der Waals surface area contributed by atoms with E-state index in [2.05, 4.69) is 5.32 Å². The van der Waals surface area contributed by atoms with E-state index < -0.39 is 0 Å². The van der Waals surface area contributed by atoms with Crippen LogP contribution in [0.5, 0.6) is 5.75 Å². The van der Waals surface area contributed by atoms with E-state index in [9.17, 15) is 10.1 Å². The molecule has 6 nitrogen and oxygen atoms in total. The minimum Gasteiger partial charge on any atom is -0.496 e. The Balaban J connectivity index is 1.82. The van der Waals surface area contributed by atoms with E-state index in [1.165, 1.54) is 13.2 Å². The van der Waals surface area contributed by atoms with Crippen LogP contribution < -0.4 is 10.1 Å². The van der Waals surface area contributed by atoms with Crippen LogP contribution in [-0.4, -0.2) is 30.3 Å². The number of hydrogen-bond donors (Lipinski definition) is 1. The number of methoxy groups -OCH3 is 1. The van der Waals surface area contributed by atoms with E-state index >= 15 is 0 Å². The Hall–Kier alpha value is -1.82. The molecule has 2 fully saturated rings. The molecule has 0 aromatic heterocycles. The Morgan fingerprint density at radius 2 is 2.32 bits per heavy atom. The number of nitrogens with zero attached hydrogens (tertiary/aromatic N) is 1. The molecule has 2 heterocycles. The molecule has 0 saturated carbocycles. The first-order chi connectivity index (χ1) is 9.17. The highest BCUT2D eigenvalue weighted by Gasteiger charge is 2.41. The lowest BCUT2D eigenvalue weighted by molar-refractivity contribution is -0.384. The lowest BCUT2D eigenvalue weighted by atomic mass is 9.95. The predicted molar refractivity (Wildman–Crippen MR) is 69.6 cm³/mol. The second-order valence-corrected chi connectivity index (χ2v) is 5.00. The highest BCUT2D eigenvalue weighted by Crippen LogP contribution is 2.38. The van der Waals surface area contributed by atoms with Crippen molar-refractivity contribution < 1.29 is 14.4 Å². The number of benzene rings is 1. The fourth-order valence-corrected chi connectivity index (χ4v) is 2.90. The Morgan fingerprint density at radius 3 is 2.89 bits per heavy atom. The quantitative estimate of drug-likeness (QED) is 0.667. The monoisotopic (exact) mass is 264 g/mol. The van der Waals surface area contributed by atoms with Gasteiger partial charge in [-0.25, -0.2) is 0 Å². The number of nitro benzene ring substituents is 1.